The van der Waals surface area contributed by atoms with E-state index in [-0.39, 0.29) is 0 Å². The fraction of sp³-hybridized carbons (Fsp3) is 0.444. The highest BCUT2D eigenvalue weighted by molar-refractivity contribution is 7.99. The van der Waals surface area contributed by atoms with Gasteiger partial charge in [-0.05, 0) is 50.2 Å². The van der Waals surface area contributed by atoms with E-state index >= 15 is 0 Å². The lowest BCUT2D eigenvalue weighted by atomic mass is 9.91. The molecule has 0 spiro atoms. The average Bonchev–Trinajstić information content (AvgIpc) is 3.17. The summed E-state index contributed by atoms with van der Waals surface area (Å²) in [6, 6.07) is 2.06. The number of aliphatic hydroxyl groups excluding tert-OH is 1. The first-order valence-corrected chi connectivity index (χ1v) is 9.46. The topological polar surface area (TPSA) is 74.9 Å². The standard InChI is InChI=1S/C18H21N3O2S/c1-10-16(11(2)23-21-10)13-7-15-17(20-8-13)14(9-19-15)18(22)12-3-5-24-6-4-12/h7-9,12,18-19,22H,3-6H2,1-2H3. The number of nitrogens with one attached hydrogen (secondary N) is 1. The molecule has 24 heavy (non-hydrogen) atoms. The van der Waals surface area contributed by atoms with Crippen LogP contribution in [-0.2, 0) is 0 Å². The molecule has 126 valence electrons. The van der Waals surface area contributed by atoms with Crippen molar-refractivity contribution < 1.29 is 9.63 Å². The number of nitrogens with zero attached hydrogens (tertiary/aromatic N) is 2. The molecule has 1 saturated heterocycles. The van der Waals surface area contributed by atoms with Gasteiger partial charge in [-0.2, -0.15) is 11.8 Å². The Bertz CT molecular complexity index is 845. The largest absolute Gasteiger partial charge is 0.388 e. The number of H-pyrrole nitrogens is 1. The van der Waals surface area contributed by atoms with E-state index in [0.29, 0.717) is 5.92 Å². The summed E-state index contributed by atoms with van der Waals surface area (Å²) in [6.07, 6.45) is 5.43. The minimum absolute atomic E-state index is 0.328. The normalized spacial score (nSPS) is 17.5. The van der Waals surface area contributed by atoms with E-state index in [2.05, 4.69) is 21.2 Å². The van der Waals surface area contributed by atoms with Crippen molar-refractivity contribution in [2.75, 3.05) is 11.5 Å². The van der Waals surface area contributed by atoms with Crippen LogP contribution in [0, 0.1) is 19.8 Å². The smallest absolute Gasteiger partial charge is 0.141 e. The van der Waals surface area contributed by atoms with E-state index in [1.165, 1.54) is 0 Å². The van der Waals surface area contributed by atoms with Gasteiger partial charge in [0.2, 0.25) is 0 Å². The lowest BCUT2D eigenvalue weighted by molar-refractivity contribution is 0.104. The Morgan fingerprint density at radius 2 is 2.12 bits per heavy atom. The predicted molar refractivity (Wildman–Crippen MR) is 96.1 cm³/mol. The van der Waals surface area contributed by atoms with Crippen LogP contribution >= 0.6 is 11.8 Å². The number of hydrogen-bond donors (Lipinski definition) is 2. The monoisotopic (exact) mass is 343 g/mol. The highest BCUT2D eigenvalue weighted by atomic mass is 32.2. The molecule has 0 aromatic carbocycles. The molecule has 1 aliphatic heterocycles. The maximum atomic E-state index is 10.8. The third-order valence-corrected chi connectivity index (χ3v) is 5.95. The highest BCUT2D eigenvalue weighted by Crippen LogP contribution is 2.36. The maximum absolute atomic E-state index is 10.8. The molecule has 0 bridgehead atoms. The minimum Gasteiger partial charge on any atom is -0.388 e. The fourth-order valence-corrected chi connectivity index (χ4v) is 4.71. The van der Waals surface area contributed by atoms with Gasteiger partial charge in [0.1, 0.15) is 5.76 Å². The van der Waals surface area contributed by atoms with E-state index in [0.717, 1.165) is 63.5 Å². The summed E-state index contributed by atoms with van der Waals surface area (Å²) < 4.78 is 5.25. The molecule has 3 aromatic rings. The second-order valence-electron chi connectivity index (χ2n) is 6.46. The van der Waals surface area contributed by atoms with Gasteiger partial charge in [0.05, 0.1) is 22.8 Å². The summed E-state index contributed by atoms with van der Waals surface area (Å²) >= 11 is 1.97. The van der Waals surface area contributed by atoms with Crippen molar-refractivity contribution in [2.24, 2.45) is 5.92 Å². The first kappa shape index (κ1) is 15.7. The zero-order chi connectivity index (χ0) is 16.7. The average molecular weight is 343 g/mol. The van der Waals surface area contributed by atoms with Gasteiger partial charge in [0, 0.05) is 29.1 Å². The van der Waals surface area contributed by atoms with Crippen molar-refractivity contribution in [1.82, 2.24) is 15.1 Å². The summed E-state index contributed by atoms with van der Waals surface area (Å²) in [7, 11) is 0. The van der Waals surface area contributed by atoms with Crippen LogP contribution < -0.4 is 0 Å². The van der Waals surface area contributed by atoms with E-state index in [1.54, 1.807) is 0 Å². The second-order valence-corrected chi connectivity index (χ2v) is 7.68. The van der Waals surface area contributed by atoms with Gasteiger partial charge in [0.25, 0.3) is 0 Å². The van der Waals surface area contributed by atoms with Crippen LogP contribution in [0.3, 0.4) is 0 Å². The number of aryl methyl sites for hydroxylation is 2. The quantitative estimate of drug-likeness (QED) is 0.751. The molecule has 0 aliphatic carbocycles. The zero-order valence-electron chi connectivity index (χ0n) is 13.9. The Labute approximate surface area is 144 Å². The number of fused-ring (bicyclic) bond motifs is 1. The number of aliphatic hydroxyl groups is 1. The molecule has 5 nitrogen and oxygen atoms in total. The molecule has 0 saturated carbocycles. The molecule has 1 fully saturated rings. The molecule has 3 aromatic heterocycles. The van der Waals surface area contributed by atoms with E-state index in [1.807, 2.05) is 38.0 Å². The number of aromatic nitrogens is 3. The molecule has 1 aliphatic rings. The third kappa shape index (κ3) is 2.63. The number of rotatable bonds is 3. The van der Waals surface area contributed by atoms with Crippen molar-refractivity contribution in [3.63, 3.8) is 0 Å². The van der Waals surface area contributed by atoms with Crippen LogP contribution in [0.5, 0.6) is 0 Å². The fourth-order valence-electron chi connectivity index (χ4n) is 3.57. The lowest BCUT2D eigenvalue weighted by Crippen LogP contribution is -2.18. The van der Waals surface area contributed by atoms with Crippen molar-refractivity contribution in [3.05, 3.63) is 35.5 Å². The maximum Gasteiger partial charge on any atom is 0.141 e. The zero-order valence-corrected chi connectivity index (χ0v) is 14.7. The van der Waals surface area contributed by atoms with Gasteiger partial charge in [-0.15, -0.1) is 0 Å². The summed E-state index contributed by atoms with van der Waals surface area (Å²) in [4.78, 5) is 7.90. The second kappa shape index (κ2) is 6.26. The summed E-state index contributed by atoms with van der Waals surface area (Å²) in [5.74, 6) is 3.39. The van der Waals surface area contributed by atoms with Crippen molar-refractivity contribution in [3.8, 4) is 11.1 Å². The Hall–Kier alpha value is -1.79. The van der Waals surface area contributed by atoms with E-state index in [9.17, 15) is 5.11 Å². The molecule has 0 amide bonds. The van der Waals surface area contributed by atoms with Crippen LogP contribution in [0.1, 0.15) is 36.0 Å². The Kier molecular flexibility index (Phi) is 4.10. The molecule has 2 N–H and O–H groups in total. The van der Waals surface area contributed by atoms with Gasteiger partial charge >= 0.3 is 0 Å². The van der Waals surface area contributed by atoms with Crippen molar-refractivity contribution >= 4 is 22.8 Å². The lowest BCUT2D eigenvalue weighted by Gasteiger charge is -2.25. The molecule has 1 unspecified atom stereocenters. The first-order valence-electron chi connectivity index (χ1n) is 8.31. The molecular weight excluding hydrogens is 322 g/mol. The Morgan fingerprint density at radius 3 is 2.83 bits per heavy atom. The third-order valence-electron chi connectivity index (χ3n) is 4.90. The number of aromatic amines is 1. The van der Waals surface area contributed by atoms with Gasteiger partial charge in [-0.3, -0.25) is 4.98 Å². The van der Waals surface area contributed by atoms with E-state index < -0.39 is 6.10 Å². The van der Waals surface area contributed by atoms with Gasteiger partial charge in [-0.25, -0.2) is 0 Å². The van der Waals surface area contributed by atoms with Gasteiger partial charge in [0.15, 0.2) is 0 Å². The molecule has 1 atom stereocenters. The van der Waals surface area contributed by atoms with Crippen LogP contribution in [0.4, 0.5) is 0 Å². The predicted octanol–water partition coefficient (Wildman–Crippen LogP) is 4.01. The molecule has 6 heteroatoms. The SMILES string of the molecule is Cc1noc(C)c1-c1cnc2c(C(O)C3CCSCC3)c[nH]c2c1. The van der Waals surface area contributed by atoms with Crippen LogP contribution in [0.2, 0.25) is 0 Å². The van der Waals surface area contributed by atoms with E-state index in [4.69, 9.17) is 4.52 Å². The molecule has 4 rings (SSSR count). The number of pyridine rings is 1. The summed E-state index contributed by atoms with van der Waals surface area (Å²) in [6.45, 7) is 3.84. The first-order chi connectivity index (χ1) is 11.6. The molecular formula is C18H21N3O2S. The van der Waals surface area contributed by atoms with Crippen molar-refractivity contribution in [2.45, 2.75) is 32.8 Å². The van der Waals surface area contributed by atoms with Gasteiger partial charge in [-0.1, -0.05) is 5.16 Å². The van der Waals surface area contributed by atoms with Crippen molar-refractivity contribution in [1.29, 1.82) is 0 Å². The summed E-state index contributed by atoms with van der Waals surface area (Å²) in [5, 5.41) is 14.8. The van der Waals surface area contributed by atoms with Crippen LogP contribution in [0.25, 0.3) is 22.2 Å². The Morgan fingerprint density at radius 1 is 1.33 bits per heavy atom. The number of thioether (sulfide) groups is 1. The van der Waals surface area contributed by atoms with Crippen LogP contribution in [0.15, 0.2) is 23.0 Å². The van der Waals surface area contributed by atoms with Crippen LogP contribution in [-0.4, -0.2) is 31.7 Å². The molecule has 0 radical (unpaired) electrons. The Balaban J connectivity index is 1.70. The number of hydrogen-bond acceptors (Lipinski definition) is 5. The minimum atomic E-state index is -0.447. The van der Waals surface area contributed by atoms with Gasteiger partial charge < -0.3 is 14.6 Å². The highest BCUT2D eigenvalue weighted by Gasteiger charge is 2.26. The molecule has 4 heterocycles. The summed E-state index contributed by atoms with van der Waals surface area (Å²) in [5.41, 5.74) is 5.54.